The number of thiophene rings is 1. The minimum absolute atomic E-state index is 0.0521. The third kappa shape index (κ3) is 4.65. The first-order chi connectivity index (χ1) is 15.0. The molecule has 1 amide bonds. The van der Waals surface area contributed by atoms with Gasteiger partial charge in [-0.25, -0.2) is 4.98 Å². The Morgan fingerprint density at radius 2 is 1.97 bits per heavy atom. The van der Waals surface area contributed by atoms with Crippen molar-refractivity contribution in [2.24, 2.45) is 0 Å². The van der Waals surface area contributed by atoms with E-state index in [9.17, 15) is 9.59 Å². The molecule has 3 aromatic rings. The molecule has 1 aromatic carbocycles. The van der Waals surface area contributed by atoms with Crippen molar-refractivity contribution in [2.75, 3.05) is 26.7 Å². The summed E-state index contributed by atoms with van der Waals surface area (Å²) in [7, 11) is 1.65. The van der Waals surface area contributed by atoms with E-state index in [1.54, 1.807) is 7.11 Å². The molecule has 0 aliphatic carbocycles. The minimum atomic E-state index is -0.178. The second-order valence-electron chi connectivity index (χ2n) is 7.99. The van der Waals surface area contributed by atoms with Crippen molar-refractivity contribution in [3.63, 3.8) is 0 Å². The van der Waals surface area contributed by atoms with Crippen LogP contribution in [0.4, 0.5) is 0 Å². The van der Waals surface area contributed by atoms with Gasteiger partial charge in [-0.15, -0.1) is 11.3 Å². The number of aromatic amines is 1. The first-order valence-electron chi connectivity index (χ1n) is 10.6. The summed E-state index contributed by atoms with van der Waals surface area (Å²) in [4.78, 5) is 36.6. The second-order valence-corrected chi connectivity index (χ2v) is 9.19. The van der Waals surface area contributed by atoms with Crippen LogP contribution in [0.1, 0.15) is 40.7 Å². The van der Waals surface area contributed by atoms with Crippen LogP contribution >= 0.6 is 11.3 Å². The fourth-order valence-electron chi connectivity index (χ4n) is 4.15. The smallest absolute Gasteiger partial charge is 0.259 e. The van der Waals surface area contributed by atoms with Gasteiger partial charge in [0.05, 0.1) is 25.0 Å². The van der Waals surface area contributed by atoms with Crippen LogP contribution < -0.4 is 15.6 Å². The lowest BCUT2D eigenvalue weighted by Gasteiger charge is -2.28. The minimum Gasteiger partial charge on any atom is -0.497 e. The highest BCUT2D eigenvalue weighted by Crippen LogP contribution is 2.27. The number of ether oxygens (including phenoxy) is 1. The van der Waals surface area contributed by atoms with Crippen molar-refractivity contribution in [2.45, 2.75) is 39.2 Å². The van der Waals surface area contributed by atoms with Crippen LogP contribution in [0.2, 0.25) is 0 Å². The normalized spacial score (nSPS) is 15.3. The molecule has 8 heteroatoms. The maximum Gasteiger partial charge on any atom is 0.259 e. The van der Waals surface area contributed by atoms with Crippen LogP contribution in [-0.4, -0.2) is 47.5 Å². The maximum absolute atomic E-state index is 12.7. The molecule has 4 rings (SSSR count). The highest BCUT2D eigenvalue weighted by Gasteiger charge is 2.24. The number of hydrogen-bond donors (Lipinski definition) is 2. The number of benzene rings is 1. The Morgan fingerprint density at radius 3 is 2.65 bits per heavy atom. The zero-order chi connectivity index (χ0) is 22.0. The van der Waals surface area contributed by atoms with E-state index in [1.807, 2.05) is 26.0 Å². The fraction of sp³-hybridized carbons (Fsp3) is 0.435. The van der Waals surface area contributed by atoms with Gasteiger partial charge in [0.1, 0.15) is 16.4 Å². The zero-order valence-electron chi connectivity index (χ0n) is 18.2. The fourth-order valence-corrected chi connectivity index (χ4v) is 5.19. The summed E-state index contributed by atoms with van der Waals surface area (Å²) in [5.41, 5.74) is 1.93. The standard InChI is InChI=1S/C23H28N4O3S/c1-14-15(2)31-23-21(14)22(29)25-19(26-23)12-20(28)24-13-18(27-10-4-5-11-27)16-6-8-17(30-3)9-7-16/h6-9,18H,4-5,10-13H2,1-3H3,(H,24,28)(H,25,26,29)/t18-/m1/s1. The first kappa shape index (κ1) is 21.5. The topological polar surface area (TPSA) is 87.3 Å². The quantitative estimate of drug-likeness (QED) is 0.590. The summed E-state index contributed by atoms with van der Waals surface area (Å²) in [5, 5.41) is 3.67. The molecule has 2 aromatic heterocycles. The van der Waals surface area contributed by atoms with Gasteiger partial charge >= 0.3 is 0 Å². The highest BCUT2D eigenvalue weighted by molar-refractivity contribution is 7.18. The lowest BCUT2D eigenvalue weighted by molar-refractivity contribution is -0.120. The predicted molar refractivity (Wildman–Crippen MR) is 123 cm³/mol. The lowest BCUT2D eigenvalue weighted by atomic mass is 10.1. The van der Waals surface area contributed by atoms with E-state index in [0.29, 0.717) is 22.6 Å². The molecule has 0 spiro atoms. The number of likely N-dealkylation sites (tertiary alicyclic amines) is 1. The lowest BCUT2D eigenvalue weighted by Crippen LogP contribution is -2.37. The van der Waals surface area contributed by atoms with Crippen LogP contribution in [0.25, 0.3) is 10.2 Å². The molecule has 1 aliphatic heterocycles. The molecule has 31 heavy (non-hydrogen) atoms. The largest absolute Gasteiger partial charge is 0.497 e. The molecule has 164 valence electrons. The number of carbonyl (C=O) groups is 1. The average molecular weight is 441 g/mol. The van der Waals surface area contributed by atoms with Crippen LogP contribution in [0.5, 0.6) is 5.75 Å². The van der Waals surface area contributed by atoms with E-state index in [4.69, 9.17) is 4.74 Å². The summed E-state index contributed by atoms with van der Waals surface area (Å²) in [6, 6.07) is 8.13. The Morgan fingerprint density at radius 1 is 1.26 bits per heavy atom. The molecule has 7 nitrogen and oxygen atoms in total. The summed E-state index contributed by atoms with van der Waals surface area (Å²) in [5.74, 6) is 1.07. The van der Waals surface area contributed by atoms with Gasteiger partial charge in [0, 0.05) is 11.4 Å². The number of aromatic nitrogens is 2. The number of amides is 1. The Bertz CT molecular complexity index is 1130. The van der Waals surface area contributed by atoms with Crippen molar-refractivity contribution in [3.8, 4) is 5.75 Å². The molecule has 0 saturated carbocycles. The molecular formula is C23H28N4O3S. The molecule has 1 atom stereocenters. The Kier molecular flexibility index (Phi) is 6.38. The van der Waals surface area contributed by atoms with E-state index in [2.05, 4.69) is 32.3 Å². The van der Waals surface area contributed by atoms with Gasteiger partial charge in [-0.1, -0.05) is 12.1 Å². The van der Waals surface area contributed by atoms with E-state index in [1.165, 1.54) is 24.2 Å². The van der Waals surface area contributed by atoms with Crippen molar-refractivity contribution >= 4 is 27.5 Å². The van der Waals surface area contributed by atoms with Gasteiger partial charge in [0.2, 0.25) is 5.91 Å². The van der Waals surface area contributed by atoms with E-state index < -0.39 is 0 Å². The van der Waals surface area contributed by atoms with E-state index in [0.717, 1.165) is 34.8 Å². The zero-order valence-corrected chi connectivity index (χ0v) is 19.0. The van der Waals surface area contributed by atoms with Gasteiger partial charge in [0.25, 0.3) is 5.56 Å². The molecule has 1 saturated heterocycles. The Labute approximate surface area is 185 Å². The SMILES string of the molecule is COc1ccc([C@@H](CNC(=O)Cc2nc3sc(C)c(C)c3c(=O)[nH]2)N2CCCC2)cc1. The number of fused-ring (bicyclic) bond motifs is 1. The number of aryl methyl sites for hydroxylation is 2. The van der Waals surface area contributed by atoms with Crippen molar-refractivity contribution < 1.29 is 9.53 Å². The molecule has 3 heterocycles. The number of hydrogen-bond acceptors (Lipinski definition) is 6. The number of nitrogens with zero attached hydrogens (tertiary/aromatic N) is 2. The number of carbonyl (C=O) groups excluding carboxylic acids is 1. The van der Waals surface area contributed by atoms with Crippen molar-refractivity contribution in [1.29, 1.82) is 0 Å². The summed E-state index contributed by atoms with van der Waals surface area (Å²) in [6.45, 7) is 6.46. The highest BCUT2D eigenvalue weighted by atomic mass is 32.1. The van der Waals surface area contributed by atoms with Gasteiger partial charge < -0.3 is 15.0 Å². The summed E-state index contributed by atoms with van der Waals surface area (Å²) < 4.78 is 5.27. The third-order valence-corrected chi connectivity index (χ3v) is 7.09. The Balaban J connectivity index is 1.46. The van der Waals surface area contributed by atoms with Gasteiger partial charge in [-0.2, -0.15) is 0 Å². The predicted octanol–water partition coefficient (Wildman–Crippen LogP) is 3.11. The molecule has 0 unspecified atom stereocenters. The van der Waals surface area contributed by atoms with Crippen molar-refractivity contribution in [3.05, 3.63) is 56.4 Å². The summed E-state index contributed by atoms with van der Waals surface area (Å²) in [6.07, 6.45) is 2.40. The molecule has 0 radical (unpaired) electrons. The Hall–Kier alpha value is -2.71. The maximum atomic E-state index is 12.7. The molecule has 1 aliphatic rings. The van der Waals surface area contributed by atoms with Gasteiger partial charge in [0.15, 0.2) is 0 Å². The van der Waals surface area contributed by atoms with Crippen LogP contribution in [0.15, 0.2) is 29.1 Å². The van der Waals surface area contributed by atoms with Crippen molar-refractivity contribution in [1.82, 2.24) is 20.2 Å². The van der Waals surface area contributed by atoms with Crippen LogP contribution in [-0.2, 0) is 11.2 Å². The average Bonchev–Trinajstić information content (AvgIpc) is 3.37. The molecule has 2 N–H and O–H groups in total. The van der Waals surface area contributed by atoms with Gasteiger partial charge in [-0.05, 0) is 63.0 Å². The molecular weight excluding hydrogens is 412 g/mol. The third-order valence-electron chi connectivity index (χ3n) is 5.99. The van der Waals surface area contributed by atoms with E-state index >= 15 is 0 Å². The summed E-state index contributed by atoms with van der Waals surface area (Å²) >= 11 is 1.49. The number of nitrogens with one attached hydrogen (secondary N) is 2. The second kappa shape index (κ2) is 9.20. The monoisotopic (exact) mass is 440 g/mol. The first-order valence-corrected chi connectivity index (χ1v) is 11.4. The van der Waals surface area contributed by atoms with Crippen LogP contribution in [0, 0.1) is 13.8 Å². The number of H-pyrrole nitrogens is 1. The van der Waals surface area contributed by atoms with Gasteiger partial charge in [-0.3, -0.25) is 14.5 Å². The molecule has 0 bridgehead atoms. The van der Waals surface area contributed by atoms with E-state index in [-0.39, 0.29) is 23.9 Å². The van der Waals surface area contributed by atoms with Crippen LogP contribution in [0.3, 0.4) is 0 Å². The number of methoxy groups -OCH3 is 1. The molecule has 1 fully saturated rings. The number of rotatable bonds is 7.